The molecule has 112 valence electrons. The standard InChI is InChI=1S/C11H15N5O4Si/c1-21-11(8(19)7(18)5(2-17)20-11)16-4-15-6-9(12)13-3-14-10(6)16/h3-5,7-8,17-19H,2H2,1H3,(H2,12,13,14)/t5-,7-,8-,11+/m1/s1. The van der Waals surface area contributed by atoms with Gasteiger partial charge in [0.05, 0.1) is 12.9 Å². The maximum Gasteiger partial charge on any atom is 0.167 e. The number of nitrogens with zero attached hydrogens (tertiary/aromatic N) is 4. The van der Waals surface area contributed by atoms with E-state index in [1.54, 1.807) is 4.57 Å². The first-order valence-corrected chi connectivity index (χ1v) is 7.83. The molecule has 4 atom stereocenters. The zero-order valence-electron chi connectivity index (χ0n) is 11.2. The Bertz CT molecular complexity index is 667. The summed E-state index contributed by atoms with van der Waals surface area (Å²) in [5.74, 6) is 0.222. The minimum absolute atomic E-state index is 0.0699. The van der Waals surface area contributed by atoms with Gasteiger partial charge >= 0.3 is 0 Å². The molecule has 2 aromatic rings. The summed E-state index contributed by atoms with van der Waals surface area (Å²) in [5.41, 5.74) is 6.55. The summed E-state index contributed by atoms with van der Waals surface area (Å²) < 4.78 is 7.29. The van der Waals surface area contributed by atoms with Gasteiger partial charge in [-0.2, -0.15) is 0 Å². The Morgan fingerprint density at radius 2 is 2.19 bits per heavy atom. The molecule has 2 radical (unpaired) electrons. The SMILES string of the molecule is C[Si][C@@]1(n2cnc3c(N)ncnc32)O[C@H](CO)[C@@H](O)[C@H]1O. The van der Waals surface area contributed by atoms with Crippen LogP contribution in [0.3, 0.4) is 0 Å². The lowest BCUT2D eigenvalue weighted by Crippen LogP contribution is -2.49. The molecule has 2 aromatic heterocycles. The van der Waals surface area contributed by atoms with E-state index in [9.17, 15) is 15.3 Å². The Morgan fingerprint density at radius 3 is 2.81 bits per heavy atom. The number of hydrogen-bond donors (Lipinski definition) is 4. The van der Waals surface area contributed by atoms with Gasteiger partial charge in [0, 0.05) is 0 Å². The Morgan fingerprint density at radius 1 is 1.43 bits per heavy atom. The van der Waals surface area contributed by atoms with Gasteiger partial charge in [-0.1, -0.05) is 6.55 Å². The first-order chi connectivity index (χ1) is 10.0. The van der Waals surface area contributed by atoms with Crippen molar-refractivity contribution in [2.24, 2.45) is 0 Å². The summed E-state index contributed by atoms with van der Waals surface area (Å²) in [4.78, 5) is 12.1. The number of nitrogens with two attached hydrogens (primary N) is 1. The third-order valence-corrected chi connectivity index (χ3v) is 5.07. The molecular weight excluding hydrogens is 294 g/mol. The summed E-state index contributed by atoms with van der Waals surface area (Å²) in [7, 11) is 0.0699. The predicted molar refractivity (Wildman–Crippen MR) is 73.3 cm³/mol. The molecule has 5 N–H and O–H groups in total. The highest BCUT2D eigenvalue weighted by atomic mass is 28.2. The fourth-order valence-electron chi connectivity index (χ4n) is 2.57. The van der Waals surface area contributed by atoms with Gasteiger partial charge in [0.15, 0.2) is 16.8 Å². The van der Waals surface area contributed by atoms with E-state index in [1.807, 2.05) is 6.55 Å². The minimum atomic E-state index is -1.23. The number of ether oxygens (including phenoxy) is 1. The molecule has 21 heavy (non-hydrogen) atoms. The normalized spacial score (nSPS) is 32.9. The molecule has 3 rings (SSSR count). The van der Waals surface area contributed by atoms with Crippen LogP contribution in [-0.4, -0.2) is 69.3 Å². The molecule has 1 saturated heterocycles. The van der Waals surface area contributed by atoms with Gasteiger partial charge in [0.2, 0.25) is 0 Å². The van der Waals surface area contributed by atoms with E-state index in [0.29, 0.717) is 11.2 Å². The molecule has 3 heterocycles. The number of fused-ring (bicyclic) bond motifs is 1. The summed E-state index contributed by atoms with van der Waals surface area (Å²) in [5, 5.41) is 28.5. The number of rotatable bonds is 3. The van der Waals surface area contributed by atoms with Crippen molar-refractivity contribution in [3.05, 3.63) is 12.7 Å². The molecule has 0 amide bonds. The number of aliphatic hydroxyl groups excluding tert-OH is 3. The summed E-state index contributed by atoms with van der Waals surface area (Å²) in [6, 6.07) is 0. The number of aliphatic hydroxyl groups is 3. The molecule has 9 nitrogen and oxygen atoms in total. The van der Waals surface area contributed by atoms with Crippen molar-refractivity contribution in [2.45, 2.75) is 30.2 Å². The maximum atomic E-state index is 10.4. The molecular formula is C11H15N5O4Si. The molecule has 1 aliphatic rings. The average molecular weight is 309 g/mol. The molecule has 0 unspecified atom stereocenters. The highest BCUT2D eigenvalue weighted by Gasteiger charge is 2.54. The lowest BCUT2D eigenvalue weighted by atomic mass is 10.1. The topological polar surface area (TPSA) is 140 Å². The van der Waals surface area contributed by atoms with Gasteiger partial charge < -0.3 is 25.8 Å². The molecule has 0 aliphatic carbocycles. The van der Waals surface area contributed by atoms with Crippen LogP contribution in [0.2, 0.25) is 6.55 Å². The van der Waals surface area contributed by atoms with Crippen molar-refractivity contribution in [1.29, 1.82) is 0 Å². The second-order valence-corrected chi connectivity index (χ2v) is 5.98. The van der Waals surface area contributed by atoms with Crippen molar-refractivity contribution < 1.29 is 20.1 Å². The predicted octanol–water partition coefficient (Wildman–Crippen LogP) is -2.12. The van der Waals surface area contributed by atoms with Gasteiger partial charge in [-0.15, -0.1) is 0 Å². The van der Waals surface area contributed by atoms with E-state index in [2.05, 4.69) is 15.0 Å². The summed E-state index contributed by atoms with van der Waals surface area (Å²) >= 11 is 0. The summed E-state index contributed by atoms with van der Waals surface area (Å²) in [6.07, 6.45) is -0.541. The fraction of sp³-hybridized carbons (Fsp3) is 0.545. The van der Waals surface area contributed by atoms with Crippen molar-refractivity contribution in [3.63, 3.8) is 0 Å². The number of aromatic nitrogens is 4. The van der Waals surface area contributed by atoms with Gasteiger partial charge in [0.1, 0.15) is 39.7 Å². The Hall–Kier alpha value is -1.59. The van der Waals surface area contributed by atoms with Crippen LogP contribution in [0.5, 0.6) is 0 Å². The molecule has 0 saturated carbocycles. The molecule has 0 spiro atoms. The first kappa shape index (κ1) is 14.3. The van der Waals surface area contributed by atoms with Crippen molar-refractivity contribution >= 4 is 26.5 Å². The van der Waals surface area contributed by atoms with Crippen LogP contribution in [0.1, 0.15) is 0 Å². The van der Waals surface area contributed by atoms with Crippen molar-refractivity contribution in [3.8, 4) is 0 Å². The van der Waals surface area contributed by atoms with E-state index >= 15 is 0 Å². The van der Waals surface area contributed by atoms with Gasteiger partial charge in [-0.3, -0.25) is 4.57 Å². The molecule has 1 fully saturated rings. The van der Waals surface area contributed by atoms with Gasteiger partial charge in [0.25, 0.3) is 0 Å². The van der Waals surface area contributed by atoms with Crippen LogP contribution in [0.25, 0.3) is 11.2 Å². The molecule has 0 aromatic carbocycles. The second-order valence-electron chi connectivity index (χ2n) is 4.77. The molecule has 0 bridgehead atoms. The van der Waals surface area contributed by atoms with Gasteiger partial charge in [-0.05, 0) is 0 Å². The quantitative estimate of drug-likeness (QED) is 0.472. The average Bonchev–Trinajstić information content (AvgIpc) is 3.03. The van der Waals surface area contributed by atoms with Crippen LogP contribution in [-0.2, 0) is 10.1 Å². The van der Waals surface area contributed by atoms with Crippen molar-refractivity contribution in [1.82, 2.24) is 19.5 Å². The monoisotopic (exact) mass is 309 g/mol. The number of nitrogen functional groups attached to an aromatic ring is 1. The highest BCUT2D eigenvalue weighted by molar-refractivity contribution is 6.37. The molecule has 1 aliphatic heterocycles. The van der Waals surface area contributed by atoms with Gasteiger partial charge in [-0.25, -0.2) is 15.0 Å². The first-order valence-electron chi connectivity index (χ1n) is 6.33. The van der Waals surface area contributed by atoms with Crippen LogP contribution >= 0.6 is 0 Å². The third kappa shape index (κ3) is 1.87. The zero-order chi connectivity index (χ0) is 15.2. The largest absolute Gasteiger partial charge is 0.394 e. The van der Waals surface area contributed by atoms with Crippen LogP contribution < -0.4 is 5.73 Å². The van der Waals surface area contributed by atoms with E-state index in [-0.39, 0.29) is 15.3 Å². The van der Waals surface area contributed by atoms with E-state index in [0.717, 1.165) is 0 Å². The van der Waals surface area contributed by atoms with E-state index in [4.69, 9.17) is 10.5 Å². The highest BCUT2D eigenvalue weighted by Crippen LogP contribution is 2.36. The Labute approximate surface area is 122 Å². The number of anilines is 1. The number of imidazole rings is 1. The fourth-order valence-corrected chi connectivity index (χ4v) is 3.71. The Balaban J connectivity index is 2.17. The van der Waals surface area contributed by atoms with Crippen LogP contribution in [0.15, 0.2) is 12.7 Å². The second kappa shape index (κ2) is 5.00. The van der Waals surface area contributed by atoms with Crippen LogP contribution in [0.4, 0.5) is 5.82 Å². The summed E-state index contributed by atoms with van der Waals surface area (Å²) in [6.45, 7) is 1.43. The lowest BCUT2D eigenvalue weighted by Gasteiger charge is -2.32. The van der Waals surface area contributed by atoms with Crippen LogP contribution in [0, 0.1) is 0 Å². The lowest BCUT2D eigenvalue weighted by molar-refractivity contribution is -0.0867. The minimum Gasteiger partial charge on any atom is -0.394 e. The number of hydrogen-bond acceptors (Lipinski definition) is 8. The van der Waals surface area contributed by atoms with E-state index in [1.165, 1.54) is 12.7 Å². The smallest absolute Gasteiger partial charge is 0.167 e. The van der Waals surface area contributed by atoms with E-state index < -0.39 is 30.3 Å². The zero-order valence-corrected chi connectivity index (χ0v) is 12.2. The van der Waals surface area contributed by atoms with Crippen molar-refractivity contribution in [2.75, 3.05) is 12.3 Å². The Kier molecular flexibility index (Phi) is 3.41. The molecule has 10 heteroatoms. The maximum absolute atomic E-state index is 10.4. The third-order valence-electron chi connectivity index (χ3n) is 3.69.